The van der Waals surface area contributed by atoms with E-state index < -0.39 is 11.9 Å². The second-order valence-electron chi connectivity index (χ2n) is 4.49. The molecule has 0 radical (unpaired) electrons. The first kappa shape index (κ1) is 15.4. The molecule has 2 aromatic rings. The van der Waals surface area contributed by atoms with Gasteiger partial charge in [0.15, 0.2) is 0 Å². The Hall–Kier alpha value is -3.02. The predicted molar refractivity (Wildman–Crippen MR) is 83.3 cm³/mol. The summed E-state index contributed by atoms with van der Waals surface area (Å²) in [5.74, 6) is -0.937. The first-order valence-corrected chi connectivity index (χ1v) is 6.48. The maximum Gasteiger partial charge on any atom is 0.340 e. The molecule has 0 amide bonds. The lowest BCUT2D eigenvalue weighted by atomic mass is 10.1. The lowest BCUT2D eigenvalue weighted by Gasteiger charge is -2.12. The van der Waals surface area contributed by atoms with Gasteiger partial charge < -0.3 is 20.5 Å². The molecule has 0 aliphatic carbocycles. The number of carbonyl (C=O) groups excluding carboxylic acids is 2. The average molecular weight is 300 g/mol. The van der Waals surface area contributed by atoms with Gasteiger partial charge in [-0.25, -0.2) is 9.59 Å². The summed E-state index contributed by atoms with van der Waals surface area (Å²) >= 11 is 0. The van der Waals surface area contributed by atoms with E-state index in [1.807, 2.05) is 0 Å². The van der Waals surface area contributed by atoms with E-state index in [4.69, 9.17) is 10.5 Å². The molecule has 6 heteroatoms. The maximum absolute atomic E-state index is 11.8. The van der Waals surface area contributed by atoms with Crippen LogP contribution in [0.25, 0.3) is 0 Å². The minimum absolute atomic E-state index is 0.311. The molecule has 3 N–H and O–H groups in total. The third-order valence-electron chi connectivity index (χ3n) is 3.01. The Morgan fingerprint density at radius 3 is 2.41 bits per heavy atom. The number of anilines is 3. The molecule has 0 saturated carbocycles. The monoisotopic (exact) mass is 300 g/mol. The summed E-state index contributed by atoms with van der Waals surface area (Å²) in [5, 5.41) is 3.07. The fourth-order valence-electron chi connectivity index (χ4n) is 1.95. The summed E-state index contributed by atoms with van der Waals surface area (Å²) in [6.45, 7) is 0. The van der Waals surface area contributed by atoms with E-state index in [2.05, 4.69) is 10.1 Å². The molecule has 0 atom stereocenters. The third-order valence-corrected chi connectivity index (χ3v) is 3.01. The van der Waals surface area contributed by atoms with Gasteiger partial charge in [-0.15, -0.1) is 0 Å². The number of hydrogen-bond acceptors (Lipinski definition) is 6. The Kier molecular flexibility index (Phi) is 4.63. The number of esters is 2. The highest BCUT2D eigenvalue weighted by Crippen LogP contribution is 2.24. The first-order valence-electron chi connectivity index (χ1n) is 6.48. The van der Waals surface area contributed by atoms with Crippen molar-refractivity contribution < 1.29 is 19.1 Å². The van der Waals surface area contributed by atoms with Crippen molar-refractivity contribution in [2.75, 3.05) is 25.3 Å². The molecule has 0 aromatic heterocycles. The summed E-state index contributed by atoms with van der Waals surface area (Å²) in [6, 6.07) is 11.6. The van der Waals surface area contributed by atoms with Gasteiger partial charge >= 0.3 is 11.9 Å². The highest BCUT2D eigenvalue weighted by Gasteiger charge is 2.13. The number of ether oxygens (including phenoxy) is 2. The third kappa shape index (κ3) is 3.35. The number of hydrogen-bond donors (Lipinski definition) is 2. The number of rotatable bonds is 4. The quantitative estimate of drug-likeness (QED) is 0.666. The van der Waals surface area contributed by atoms with Crippen LogP contribution in [0.2, 0.25) is 0 Å². The van der Waals surface area contributed by atoms with Crippen molar-refractivity contribution in [3.63, 3.8) is 0 Å². The van der Waals surface area contributed by atoms with Gasteiger partial charge in [0.25, 0.3) is 0 Å². The van der Waals surface area contributed by atoms with E-state index in [0.29, 0.717) is 28.2 Å². The standard InChI is InChI=1S/C16H16N2O4/c1-21-15(19)10-4-3-5-12(8-10)18-14-7-6-11(17)9-13(14)16(20)22-2/h3-9,18H,17H2,1-2H3. The van der Waals surface area contributed by atoms with Gasteiger partial charge in [-0.05, 0) is 36.4 Å². The zero-order valence-electron chi connectivity index (χ0n) is 12.3. The summed E-state index contributed by atoms with van der Waals surface area (Å²) in [6.07, 6.45) is 0. The minimum Gasteiger partial charge on any atom is -0.465 e. The molecule has 0 fully saturated rings. The molecule has 0 aliphatic rings. The van der Waals surface area contributed by atoms with Gasteiger partial charge in [-0.2, -0.15) is 0 Å². The Morgan fingerprint density at radius 1 is 1.00 bits per heavy atom. The van der Waals surface area contributed by atoms with E-state index in [9.17, 15) is 9.59 Å². The van der Waals surface area contributed by atoms with Crippen molar-refractivity contribution in [1.29, 1.82) is 0 Å². The van der Waals surface area contributed by atoms with Gasteiger partial charge in [0.1, 0.15) is 0 Å². The molecule has 2 aromatic carbocycles. The SMILES string of the molecule is COC(=O)c1cccc(Nc2ccc(N)cc2C(=O)OC)c1. The van der Waals surface area contributed by atoms with Crippen LogP contribution in [0, 0.1) is 0 Å². The second kappa shape index (κ2) is 6.62. The maximum atomic E-state index is 11.8. The minimum atomic E-state index is -0.501. The first-order chi connectivity index (χ1) is 10.5. The van der Waals surface area contributed by atoms with Crippen LogP contribution in [0.3, 0.4) is 0 Å². The molecular weight excluding hydrogens is 284 g/mol. The number of carbonyl (C=O) groups is 2. The molecule has 22 heavy (non-hydrogen) atoms. The summed E-state index contributed by atoms with van der Waals surface area (Å²) in [5.41, 5.74) is 8.04. The number of nitrogens with two attached hydrogens (primary N) is 1. The van der Waals surface area contributed by atoms with Gasteiger partial charge in [0.05, 0.1) is 31.0 Å². The van der Waals surface area contributed by atoms with Crippen LogP contribution in [0.1, 0.15) is 20.7 Å². The van der Waals surface area contributed by atoms with Crippen LogP contribution in [0.4, 0.5) is 17.1 Å². The highest BCUT2D eigenvalue weighted by molar-refractivity contribution is 5.98. The van der Waals surface area contributed by atoms with Crippen molar-refractivity contribution in [1.82, 2.24) is 0 Å². The fraction of sp³-hybridized carbons (Fsp3) is 0.125. The zero-order valence-corrected chi connectivity index (χ0v) is 12.3. The summed E-state index contributed by atoms with van der Waals surface area (Å²) in [7, 11) is 2.62. The van der Waals surface area contributed by atoms with Gasteiger partial charge in [0, 0.05) is 11.4 Å². The van der Waals surface area contributed by atoms with Gasteiger partial charge in [-0.1, -0.05) is 6.07 Å². The van der Waals surface area contributed by atoms with Crippen LogP contribution in [0.5, 0.6) is 0 Å². The normalized spacial score (nSPS) is 9.91. The van der Waals surface area contributed by atoms with Crippen molar-refractivity contribution in [2.24, 2.45) is 0 Å². The molecule has 0 saturated heterocycles. The summed E-state index contributed by atoms with van der Waals surface area (Å²) in [4.78, 5) is 23.3. The Balaban J connectivity index is 2.35. The molecular formula is C16H16N2O4. The van der Waals surface area contributed by atoms with Crippen molar-refractivity contribution >= 4 is 29.0 Å². The number of methoxy groups -OCH3 is 2. The van der Waals surface area contributed by atoms with Crippen LogP contribution in [-0.2, 0) is 9.47 Å². The number of nitrogens with one attached hydrogen (secondary N) is 1. The van der Waals surface area contributed by atoms with Crippen molar-refractivity contribution in [3.05, 3.63) is 53.6 Å². The van der Waals surface area contributed by atoms with E-state index in [0.717, 1.165) is 0 Å². The van der Waals surface area contributed by atoms with Crippen LogP contribution in [-0.4, -0.2) is 26.2 Å². The smallest absolute Gasteiger partial charge is 0.340 e. The lowest BCUT2D eigenvalue weighted by molar-refractivity contribution is 0.0592. The molecule has 0 aliphatic heterocycles. The average Bonchev–Trinajstić information content (AvgIpc) is 2.55. The number of nitrogen functional groups attached to an aromatic ring is 1. The molecule has 0 heterocycles. The largest absolute Gasteiger partial charge is 0.465 e. The number of benzene rings is 2. The lowest BCUT2D eigenvalue weighted by Crippen LogP contribution is -2.07. The second-order valence-corrected chi connectivity index (χ2v) is 4.49. The van der Waals surface area contributed by atoms with E-state index in [-0.39, 0.29) is 0 Å². The Morgan fingerprint density at radius 2 is 1.73 bits per heavy atom. The van der Waals surface area contributed by atoms with E-state index in [1.165, 1.54) is 20.3 Å². The van der Waals surface area contributed by atoms with Crippen LogP contribution >= 0.6 is 0 Å². The Bertz CT molecular complexity index is 713. The molecule has 0 spiro atoms. The van der Waals surface area contributed by atoms with Crippen LogP contribution in [0.15, 0.2) is 42.5 Å². The predicted octanol–water partition coefficient (Wildman–Crippen LogP) is 2.59. The highest BCUT2D eigenvalue weighted by atomic mass is 16.5. The van der Waals surface area contributed by atoms with Gasteiger partial charge in [-0.3, -0.25) is 0 Å². The van der Waals surface area contributed by atoms with E-state index in [1.54, 1.807) is 36.4 Å². The molecule has 0 unspecified atom stereocenters. The molecule has 114 valence electrons. The molecule has 6 nitrogen and oxygen atoms in total. The zero-order chi connectivity index (χ0) is 16.1. The van der Waals surface area contributed by atoms with E-state index >= 15 is 0 Å². The van der Waals surface area contributed by atoms with Gasteiger partial charge in [0.2, 0.25) is 0 Å². The fourth-order valence-corrected chi connectivity index (χ4v) is 1.95. The summed E-state index contributed by atoms with van der Waals surface area (Å²) < 4.78 is 9.42. The Labute approximate surface area is 127 Å². The topological polar surface area (TPSA) is 90.6 Å². The molecule has 0 bridgehead atoms. The molecule has 2 rings (SSSR count). The van der Waals surface area contributed by atoms with Crippen molar-refractivity contribution in [2.45, 2.75) is 0 Å². The van der Waals surface area contributed by atoms with Crippen molar-refractivity contribution in [3.8, 4) is 0 Å². The van der Waals surface area contributed by atoms with Crippen LogP contribution < -0.4 is 11.1 Å².